The normalized spacial score (nSPS) is 18.0. The van der Waals surface area contributed by atoms with Gasteiger partial charge in [-0.25, -0.2) is 4.39 Å². The summed E-state index contributed by atoms with van der Waals surface area (Å²) in [5.74, 6) is 0.191. The third-order valence-corrected chi connectivity index (χ3v) is 8.36. The topological polar surface area (TPSA) is 32.3 Å². The molecular formula is C30H40F4N2O. The van der Waals surface area contributed by atoms with Gasteiger partial charge in [0.05, 0.1) is 5.56 Å². The van der Waals surface area contributed by atoms with Gasteiger partial charge in [0.15, 0.2) is 0 Å². The summed E-state index contributed by atoms with van der Waals surface area (Å²) in [6.07, 6.45) is 0.220. The first-order valence-electron chi connectivity index (χ1n) is 13.4. The quantitative estimate of drug-likeness (QED) is 0.328. The number of halogens is 4. The van der Waals surface area contributed by atoms with Gasteiger partial charge in [-0.05, 0) is 92.4 Å². The molecule has 3 nitrogen and oxygen atoms in total. The molecular weight excluding hydrogens is 480 g/mol. The Kier molecular flexibility index (Phi) is 9.79. The van der Waals surface area contributed by atoms with Crippen molar-refractivity contribution in [1.29, 1.82) is 0 Å². The van der Waals surface area contributed by atoms with Crippen molar-refractivity contribution < 1.29 is 22.4 Å². The second-order valence-electron chi connectivity index (χ2n) is 10.9. The molecule has 7 heteroatoms. The highest BCUT2D eigenvalue weighted by Crippen LogP contribution is 2.36. The summed E-state index contributed by atoms with van der Waals surface area (Å²) in [5.41, 5.74) is 0.296. The molecule has 0 spiro atoms. The molecule has 1 saturated heterocycles. The lowest BCUT2D eigenvalue weighted by Crippen LogP contribution is -2.45. The Morgan fingerprint density at radius 3 is 2.30 bits per heavy atom. The lowest BCUT2D eigenvalue weighted by molar-refractivity contribution is -0.137. The van der Waals surface area contributed by atoms with Crippen molar-refractivity contribution in [2.75, 3.05) is 13.1 Å². The van der Waals surface area contributed by atoms with Crippen LogP contribution >= 0.6 is 0 Å². The van der Waals surface area contributed by atoms with Crippen molar-refractivity contribution >= 4 is 5.91 Å². The molecule has 0 bridgehead atoms. The Balaban J connectivity index is 1.57. The smallest absolute Gasteiger partial charge is 0.352 e. The molecule has 0 radical (unpaired) electrons. The number of amides is 1. The zero-order valence-electron chi connectivity index (χ0n) is 22.4. The van der Waals surface area contributed by atoms with Gasteiger partial charge in [0.1, 0.15) is 5.82 Å². The first-order chi connectivity index (χ1) is 17.4. The number of likely N-dealkylation sites (tertiary alicyclic amines) is 1. The van der Waals surface area contributed by atoms with E-state index >= 15 is 0 Å². The minimum atomic E-state index is -4.41. The van der Waals surface area contributed by atoms with Crippen molar-refractivity contribution in [2.24, 2.45) is 11.3 Å². The standard InChI is InChI=1S/C30H40F4N2O/c1-5-27(36-17-14-24(15-18-36)23-9-11-26(31)12-10-23)13-16-29(4,21(2)3)28(37)35-20-22-7-6-8-25(19-22)30(32,33)34/h6-12,19,21,24,27H,5,13-18,20H2,1-4H3,(H,35,37)/t27-,29?/m0/s1. The number of nitrogens with zero attached hydrogens (tertiary/aromatic N) is 1. The van der Waals surface area contributed by atoms with Crippen LogP contribution in [0.25, 0.3) is 0 Å². The van der Waals surface area contributed by atoms with Gasteiger partial charge in [0, 0.05) is 18.0 Å². The monoisotopic (exact) mass is 520 g/mol. The molecule has 2 aromatic carbocycles. The van der Waals surface area contributed by atoms with Gasteiger partial charge in [-0.2, -0.15) is 13.2 Å². The molecule has 204 valence electrons. The summed E-state index contributed by atoms with van der Waals surface area (Å²) in [6.45, 7) is 10.2. The van der Waals surface area contributed by atoms with E-state index in [0.29, 0.717) is 23.9 Å². The van der Waals surface area contributed by atoms with E-state index < -0.39 is 17.2 Å². The van der Waals surface area contributed by atoms with Gasteiger partial charge in [-0.1, -0.05) is 52.0 Å². The second kappa shape index (κ2) is 12.4. The molecule has 1 aliphatic rings. The van der Waals surface area contributed by atoms with E-state index in [1.165, 1.54) is 23.8 Å². The minimum absolute atomic E-state index is 0.0686. The highest BCUT2D eigenvalue weighted by atomic mass is 19.4. The third kappa shape index (κ3) is 7.56. The fourth-order valence-corrected chi connectivity index (χ4v) is 5.35. The average Bonchev–Trinajstić information content (AvgIpc) is 2.88. The Labute approximate surface area is 218 Å². The zero-order valence-corrected chi connectivity index (χ0v) is 22.4. The largest absolute Gasteiger partial charge is 0.416 e. The van der Waals surface area contributed by atoms with Crippen LogP contribution < -0.4 is 5.32 Å². The lowest BCUT2D eigenvalue weighted by Gasteiger charge is -2.40. The van der Waals surface area contributed by atoms with Gasteiger partial charge in [0.2, 0.25) is 5.91 Å². The molecule has 37 heavy (non-hydrogen) atoms. The molecule has 1 amide bonds. The first kappa shape index (κ1) is 29.2. The van der Waals surface area contributed by atoms with Crippen LogP contribution in [-0.2, 0) is 17.5 Å². The molecule has 2 aromatic rings. The molecule has 2 atom stereocenters. The summed E-state index contributed by atoms with van der Waals surface area (Å²) in [5, 5.41) is 2.90. The molecule has 0 aliphatic carbocycles. The Morgan fingerprint density at radius 2 is 1.73 bits per heavy atom. The van der Waals surface area contributed by atoms with E-state index in [-0.39, 0.29) is 24.2 Å². The number of nitrogens with one attached hydrogen (secondary N) is 1. The summed E-state index contributed by atoms with van der Waals surface area (Å²) in [7, 11) is 0. The maximum Gasteiger partial charge on any atom is 0.416 e. The molecule has 3 rings (SSSR count). The Morgan fingerprint density at radius 1 is 1.08 bits per heavy atom. The number of piperidine rings is 1. The second-order valence-corrected chi connectivity index (χ2v) is 10.9. The van der Waals surface area contributed by atoms with E-state index in [0.717, 1.165) is 50.9 Å². The Bertz CT molecular complexity index is 1010. The molecule has 0 aromatic heterocycles. The average molecular weight is 521 g/mol. The lowest BCUT2D eigenvalue weighted by atomic mass is 9.73. The van der Waals surface area contributed by atoms with Gasteiger partial charge in [-0.15, -0.1) is 0 Å². The predicted octanol–water partition coefficient (Wildman–Crippen LogP) is 7.56. The third-order valence-electron chi connectivity index (χ3n) is 8.36. The number of hydrogen-bond acceptors (Lipinski definition) is 2. The molecule has 1 heterocycles. The van der Waals surface area contributed by atoms with E-state index in [4.69, 9.17) is 0 Å². The van der Waals surface area contributed by atoms with Crippen LogP contribution in [-0.4, -0.2) is 29.9 Å². The van der Waals surface area contributed by atoms with Gasteiger partial charge in [-0.3, -0.25) is 4.79 Å². The fraction of sp³-hybridized carbons (Fsp3) is 0.567. The van der Waals surface area contributed by atoms with Crippen LogP contribution in [0.3, 0.4) is 0 Å². The molecule has 1 N–H and O–H groups in total. The number of carbonyl (C=O) groups is 1. The maximum atomic E-state index is 13.3. The number of alkyl halides is 3. The van der Waals surface area contributed by atoms with E-state index in [9.17, 15) is 22.4 Å². The van der Waals surface area contributed by atoms with E-state index in [1.807, 2.05) is 32.9 Å². The van der Waals surface area contributed by atoms with Gasteiger partial charge < -0.3 is 10.2 Å². The van der Waals surface area contributed by atoms with Crippen LogP contribution in [0.15, 0.2) is 48.5 Å². The van der Waals surface area contributed by atoms with Crippen LogP contribution in [0.4, 0.5) is 17.6 Å². The van der Waals surface area contributed by atoms with Crippen molar-refractivity contribution in [1.82, 2.24) is 10.2 Å². The van der Waals surface area contributed by atoms with Crippen LogP contribution in [0.5, 0.6) is 0 Å². The number of carbonyl (C=O) groups excluding carboxylic acids is 1. The molecule has 0 saturated carbocycles. The van der Waals surface area contributed by atoms with E-state index in [2.05, 4.69) is 17.1 Å². The van der Waals surface area contributed by atoms with Crippen LogP contribution in [0.1, 0.15) is 82.4 Å². The molecule has 1 fully saturated rings. The SMILES string of the molecule is CC[C@@H](CCC(C)(C(=O)NCc1cccc(C(F)(F)F)c1)C(C)C)N1CCC(c2ccc(F)cc2)CC1. The summed E-state index contributed by atoms with van der Waals surface area (Å²) in [6, 6.07) is 12.3. The highest BCUT2D eigenvalue weighted by molar-refractivity contribution is 5.82. The molecule has 1 unspecified atom stereocenters. The number of benzene rings is 2. The Hall–Kier alpha value is -2.41. The van der Waals surface area contributed by atoms with Gasteiger partial charge >= 0.3 is 6.18 Å². The number of hydrogen-bond donors (Lipinski definition) is 1. The fourth-order valence-electron chi connectivity index (χ4n) is 5.35. The summed E-state index contributed by atoms with van der Waals surface area (Å²) in [4.78, 5) is 15.8. The number of rotatable bonds is 10. The zero-order chi connectivity index (χ0) is 27.2. The van der Waals surface area contributed by atoms with Crippen molar-refractivity contribution in [2.45, 2.75) is 84.5 Å². The van der Waals surface area contributed by atoms with Crippen molar-refractivity contribution in [3.8, 4) is 0 Å². The first-order valence-corrected chi connectivity index (χ1v) is 13.4. The summed E-state index contributed by atoms with van der Waals surface area (Å²) >= 11 is 0. The van der Waals surface area contributed by atoms with Crippen LogP contribution in [0.2, 0.25) is 0 Å². The van der Waals surface area contributed by atoms with Crippen molar-refractivity contribution in [3.63, 3.8) is 0 Å². The van der Waals surface area contributed by atoms with Gasteiger partial charge in [0.25, 0.3) is 0 Å². The molecule has 1 aliphatic heterocycles. The summed E-state index contributed by atoms with van der Waals surface area (Å²) < 4.78 is 52.4. The highest BCUT2D eigenvalue weighted by Gasteiger charge is 2.37. The maximum absolute atomic E-state index is 13.3. The predicted molar refractivity (Wildman–Crippen MR) is 139 cm³/mol. The van der Waals surface area contributed by atoms with E-state index in [1.54, 1.807) is 6.07 Å². The van der Waals surface area contributed by atoms with Crippen LogP contribution in [0, 0.1) is 17.2 Å². The minimum Gasteiger partial charge on any atom is -0.352 e. The van der Waals surface area contributed by atoms with Crippen molar-refractivity contribution in [3.05, 3.63) is 71.0 Å².